The van der Waals surface area contributed by atoms with Crippen LogP contribution in [0.3, 0.4) is 0 Å². The van der Waals surface area contributed by atoms with E-state index < -0.39 is 27.3 Å². The molecular weight excluding hydrogens is 313 g/mol. The summed E-state index contributed by atoms with van der Waals surface area (Å²) in [4.78, 5) is 11.5. The van der Waals surface area contributed by atoms with Gasteiger partial charge in [0.2, 0.25) is 10.0 Å². The molecule has 0 amide bonds. The van der Waals surface area contributed by atoms with E-state index in [1.54, 1.807) is 0 Å². The van der Waals surface area contributed by atoms with Gasteiger partial charge in [-0.15, -0.1) is 0 Å². The van der Waals surface area contributed by atoms with Gasteiger partial charge in [-0.05, 0) is 31.9 Å². The summed E-state index contributed by atoms with van der Waals surface area (Å²) in [6.07, 6.45) is 0.563. The zero-order valence-electron chi connectivity index (χ0n) is 12.4. The lowest BCUT2D eigenvalue weighted by Crippen LogP contribution is -2.56. The Morgan fingerprint density at radius 2 is 2.18 bits per heavy atom. The number of sulfonamides is 1. The van der Waals surface area contributed by atoms with E-state index >= 15 is 0 Å². The van der Waals surface area contributed by atoms with E-state index in [1.807, 2.05) is 0 Å². The number of carboxylic acid groups (broad SMARTS) is 1. The number of hydrogen-bond acceptors (Lipinski definition) is 4. The summed E-state index contributed by atoms with van der Waals surface area (Å²) in [5.41, 5.74) is -1.67. The summed E-state index contributed by atoms with van der Waals surface area (Å²) in [7, 11) is -2.81. The second kappa shape index (κ2) is 5.94. The number of benzene rings is 1. The third-order valence-electron chi connectivity index (χ3n) is 4.00. The van der Waals surface area contributed by atoms with Crippen molar-refractivity contribution >= 4 is 16.0 Å². The summed E-state index contributed by atoms with van der Waals surface area (Å²) >= 11 is 0. The highest BCUT2D eigenvalue weighted by molar-refractivity contribution is 7.89. The van der Waals surface area contributed by atoms with Gasteiger partial charge in [-0.1, -0.05) is 6.07 Å². The van der Waals surface area contributed by atoms with Crippen LogP contribution in [0.2, 0.25) is 0 Å². The summed E-state index contributed by atoms with van der Waals surface area (Å²) < 4.78 is 45.2. The predicted octanol–water partition coefficient (Wildman–Crippen LogP) is 1.39. The van der Waals surface area contributed by atoms with Gasteiger partial charge in [0.15, 0.2) is 5.54 Å². The Bertz CT molecular complexity index is 690. The van der Waals surface area contributed by atoms with E-state index in [0.717, 1.165) is 10.4 Å². The monoisotopic (exact) mass is 331 g/mol. The smallest absolute Gasteiger partial charge is 0.327 e. The molecule has 1 aliphatic rings. The first-order valence-electron chi connectivity index (χ1n) is 6.77. The zero-order chi connectivity index (χ0) is 16.5. The average molecular weight is 331 g/mol. The second-order valence-electron chi connectivity index (χ2n) is 5.31. The maximum atomic E-state index is 13.7. The summed E-state index contributed by atoms with van der Waals surface area (Å²) in [6, 6.07) is 3.74. The van der Waals surface area contributed by atoms with E-state index in [4.69, 9.17) is 4.74 Å². The van der Waals surface area contributed by atoms with Crippen LogP contribution in [0.25, 0.3) is 0 Å². The van der Waals surface area contributed by atoms with Crippen molar-refractivity contribution in [3.05, 3.63) is 29.6 Å². The van der Waals surface area contributed by atoms with Gasteiger partial charge < -0.3 is 9.84 Å². The largest absolute Gasteiger partial charge is 0.480 e. The number of rotatable bonds is 5. The molecule has 1 N–H and O–H groups in total. The van der Waals surface area contributed by atoms with Crippen molar-refractivity contribution in [1.29, 1.82) is 0 Å². The molecule has 1 aliphatic heterocycles. The number of halogens is 1. The molecule has 122 valence electrons. The Balaban J connectivity index is 2.57. The standard InChI is InChI=1S/C14H18FNO5S/c1-10-11(15)5-3-6-12(10)22(19,20)16-8-4-7-14(16,9-21-2)13(17)18/h3,5-6H,4,7-9H2,1-2H3,(H,17,18). The van der Waals surface area contributed by atoms with Crippen molar-refractivity contribution < 1.29 is 27.4 Å². The van der Waals surface area contributed by atoms with Crippen LogP contribution in [0.4, 0.5) is 4.39 Å². The quantitative estimate of drug-likeness (QED) is 0.881. The molecule has 8 heteroatoms. The van der Waals surface area contributed by atoms with Gasteiger partial charge >= 0.3 is 5.97 Å². The number of carbonyl (C=O) groups is 1. The van der Waals surface area contributed by atoms with Gasteiger partial charge in [-0.25, -0.2) is 12.8 Å². The van der Waals surface area contributed by atoms with E-state index in [-0.39, 0.29) is 30.0 Å². The molecule has 22 heavy (non-hydrogen) atoms. The summed E-state index contributed by atoms with van der Waals surface area (Å²) in [5, 5.41) is 9.54. The molecular formula is C14H18FNO5S. The Kier molecular flexibility index (Phi) is 4.55. The van der Waals surface area contributed by atoms with Crippen molar-refractivity contribution in [2.75, 3.05) is 20.3 Å². The van der Waals surface area contributed by atoms with Crippen LogP contribution in [-0.4, -0.2) is 49.6 Å². The number of ether oxygens (including phenoxy) is 1. The Labute approximate surface area is 128 Å². The molecule has 0 radical (unpaired) electrons. The number of aliphatic carboxylic acids is 1. The SMILES string of the molecule is COCC1(C(=O)O)CCCN1S(=O)(=O)c1cccc(F)c1C. The lowest BCUT2D eigenvalue weighted by atomic mass is 9.99. The van der Waals surface area contributed by atoms with Crippen LogP contribution in [0.15, 0.2) is 23.1 Å². The highest BCUT2D eigenvalue weighted by Crippen LogP contribution is 2.36. The van der Waals surface area contributed by atoms with Gasteiger partial charge in [0.05, 0.1) is 11.5 Å². The number of methoxy groups -OCH3 is 1. The molecule has 0 saturated carbocycles. The zero-order valence-corrected chi connectivity index (χ0v) is 13.2. The van der Waals surface area contributed by atoms with Gasteiger partial charge in [-0.3, -0.25) is 4.79 Å². The fourth-order valence-corrected chi connectivity index (χ4v) is 4.87. The fourth-order valence-electron chi connectivity index (χ4n) is 2.85. The number of hydrogen-bond donors (Lipinski definition) is 1. The lowest BCUT2D eigenvalue weighted by Gasteiger charge is -2.33. The molecule has 1 aromatic rings. The maximum Gasteiger partial charge on any atom is 0.327 e. The van der Waals surface area contributed by atoms with Crippen LogP contribution >= 0.6 is 0 Å². The molecule has 1 atom stereocenters. The molecule has 2 rings (SSSR count). The van der Waals surface area contributed by atoms with Crippen molar-refractivity contribution in [2.24, 2.45) is 0 Å². The van der Waals surface area contributed by atoms with Crippen molar-refractivity contribution in [2.45, 2.75) is 30.2 Å². The molecule has 1 unspecified atom stereocenters. The fraction of sp³-hybridized carbons (Fsp3) is 0.500. The molecule has 1 fully saturated rings. The summed E-state index contributed by atoms with van der Waals surface area (Å²) in [5.74, 6) is -1.91. The van der Waals surface area contributed by atoms with Crippen molar-refractivity contribution in [3.8, 4) is 0 Å². The van der Waals surface area contributed by atoms with Crippen LogP contribution < -0.4 is 0 Å². The van der Waals surface area contributed by atoms with E-state index in [9.17, 15) is 22.7 Å². The molecule has 0 bridgehead atoms. The first kappa shape index (κ1) is 16.9. The van der Waals surface area contributed by atoms with Crippen molar-refractivity contribution in [1.82, 2.24) is 4.31 Å². The molecule has 6 nitrogen and oxygen atoms in total. The van der Waals surface area contributed by atoms with E-state index in [0.29, 0.717) is 6.42 Å². The van der Waals surface area contributed by atoms with E-state index in [2.05, 4.69) is 0 Å². The van der Waals surface area contributed by atoms with Gasteiger partial charge in [0, 0.05) is 19.2 Å². The third-order valence-corrected chi connectivity index (χ3v) is 6.11. The Morgan fingerprint density at radius 3 is 2.77 bits per heavy atom. The molecule has 1 heterocycles. The first-order chi connectivity index (χ1) is 10.3. The predicted molar refractivity (Wildman–Crippen MR) is 76.5 cm³/mol. The van der Waals surface area contributed by atoms with Crippen LogP contribution in [0, 0.1) is 12.7 Å². The number of carboxylic acids is 1. The minimum atomic E-state index is -4.13. The minimum absolute atomic E-state index is 0.0221. The molecule has 0 aliphatic carbocycles. The number of nitrogens with zero attached hydrogens (tertiary/aromatic N) is 1. The maximum absolute atomic E-state index is 13.7. The van der Waals surface area contributed by atoms with Gasteiger partial charge in [-0.2, -0.15) is 4.31 Å². The Morgan fingerprint density at radius 1 is 1.50 bits per heavy atom. The topological polar surface area (TPSA) is 83.9 Å². The molecule has 1 aromatic carbocycles. The van der Waals surface area contributed by atoms with Crippen LogP contribution in [0.1, 0.15) is 18.4 Å². The Hall–Kier alpha value is -1.51. The third kappa shape index (κ3) is 2.51. The van der Waals surface area contributed by atoms with Crippen LogP contribution in [0.5, 0.6) is 0 Å². The van der Waals surface area contributed by atoms with Gasteiger partial charge in [0.25, 0.3) is 0 Å². The minimum Gasteiger partial charge on any atom is -0.480 e. The van der Waals surface area contributed by atoms with Crippen molar-refractivity contribution in [3.63, 3.8) is 0 Å². The van der Waals surface area contributed by atoms with E-state index in [1.165, 1.54) is 26.2 Å². The first-order valence-corrected chi connectivity index (χ1v) is 8.21. The molecule has 1 saturated heterocycles. The normalized spacial score (nSPS) is 22.9. The molecule has 0 spiro atoms. The lowest BCUT2D eigenvalue weighted by molar-refractivity contribution is -0.150. The average Bonchev–Trinajstić information content (AvgIpc) is 2.88. The highest BCUT2D eigenvalue weighted by Gasteiger charge is 2.53. The van der Waals surface area contributed by atoms with Crippen LogP contribution in [-0.2, 0) is 19.6 Å². The second-order valence-corrected chi connectivity index (χ2v) is 7.14. The molecule has 0 aromatic heterocycles. The van der Waals surface area contributed by atoms with Gasteiger partial charge in [0.1, 0.15) is 5.82 Å². The highest BCUT2D eigenvalue weighted by atomic mass is 32.2. The summed E-state index contributed by atoms with van der Waals surface area (Å²) in [6.45, 7) is 1.17.